The Morgan fingerprint density at radius 2 is 2.05 bits per heavy atom. The van der Waals surface area contributed by atoms with Crippen molar-refractivity contribution in [1.29, 1.82) is 0 Å². The van der Waals surface area contributed by atoms with Gasteiger partial charge in [-0.15, -0.1) is 0 Å². The van der Waals surface area contributed by atoms with E-state index in [0.29, 0.717) is 6.04 Å². The standard InChI is InChI=1S/C16H17N5/c1-2-6-14-13(5-1)19-16(20-14)18-12-8-10-21(11-12)15-7-3-4-9-17-15/h1-7,9,12H,8,10-11H2,(H2,18,19,20)/t12-/m0/s1. The molecule has 3 heterocycles. The number of hydrogen-bond donors (Lipinski definition) is 2. The summed E-state index contributed by atoms with van der Waals surface area (Å²) in [4.78, 5) is 14.6. The lowest BCUT2D eigenvalue weighted by atomic mass is 10.3. The molecule has 1 atom stereocenters. The zero-order chi connectivity index (χ0) is 14.1. The minimum absolute atomic E-state index is 0.396. The molecule has 5 nitrogen and oxygen atoms in total. The molecule has 0 amide bonds. The minimum Gasteiger partial charge on any atom is -0.354 e. The molecule has 0 radical (unpaired) electrons. The number of rotatable bonds is 3. The topological polar surface area (TPSA) is 56.8 Å². The van der Waals surface area contributed by atoms with Crippen molar-refractivity contribution in [2.24, 2.45) is 0 Å². The van der Waals surface area contributed by atoms with Gasteiger partial charge in [0, 0.05) is 25.3 Å². The molecule has 3 aromatic rings. The molecule has 5 heteroatoms. The number of aromatic amines is 1. The molecule has 2 N–H and O–H groups in total. The minimum atomic E-state index is 0.396. The quantitative estimate of drug-likeness (QED) is 0.774. The Kier molecular flexibility index (Phi) is 2.96. The second kappa shape index (κ2) is 5.09. The molecule has 2 aromatic heterocycles. The first-order valence-corrected chi connectivity index (χ1v) is 7.26. The van der Waals surface area contributed by atoms with E-state index < -0.39 is 0 Å². The van der Waals surface area contributed by atoms with Gasteiger partial charge < -0.3 is 15.2 Å². The predicted octanol–water partition coefficient (Wildman–Crippen LogP) is 2.65. The van der Waals surface area contributed by atoms with E-state index in [1.165, 1.54) is 0 Å². The Balaban J connectivity index is 1.46. The van der Waals surface area contributed by atoms with Gasteiger partial charge in [0.2, 0.25) is 5.95 Å². The number of benzene rings is 1. The zero-order valence-electron chi connectivity index (χ0n) is 11.7. The van der Waals surface area contributed by atoms with E-state index in [2.05, 4.69) is 31.2 Å². The average Bonchev–Trinajstić information content (AvgIpc) is 3.14. The second-order valence-electron chi connectivity index (χ2n) is 5.37. The molecular weight excluding hydrogens is 262 g/mol. The Morgan fingerprint density at radius 3 is 2.90 bits per heavy atom. The Morgan fingerprint density at radius 1 is 1.14 bits per heavy atom. The molecule has 1 aliphatic rings. The van der Waals surface area contributed by atoms with Crippen LogP contribution in [0.5, 0.6) is 0 Å². The average molecular weight is 279 g/mol. The van der Waals surface area contributed by atoms with Crippen LogP contribution in [-0.4, -0.2) is 34.1 Å². The van der Waals surface area contributed by atoms with Crippen LogP contribution in [0.2, 0.25) is 0 Å². The molecule has 1 saturated heterocycles. The number of fused-ring (bicyclic) bond motifs is 1. The van der Waals surface area contributed by atoms with Crippen molar-refractivity contribution < 1.29 is 0 Å². The van der Waals surface area contributed by atoms with Crippen LogP contribution in [0.15, 0.2) is 48.7 Å². The maximum absolute atomic E-state index is 4.57. The van der Waals surface area contributed by atoms with E-state index >= 15 is 0 Å². The summed E-state index contributed by atoms with van der Waals surface area (Å²) in [5.74, 6) is 1.90. The van der Waals surface area contributed by atoms with Gasteiger partial charge in [0.15, 0.2) is 0 Å². The van der Waals surface area contributed by atoms with E-state index in [0.717, 1.165) is 42.3 Å². The Hall–Kier alpha value is -2.56. The fourth-order valence-electron chi connectivity index (χ4n) is 2.84. The Bertz CT molecular complexity index is 704. The summed E-state index contributed by atoms with van der Waals surface area (Å²) in [6.45, 7) is 1.98. The van der Waals surface area contributed by atoms with Gasteiger partial charge in [0.25, 0.3) is 0 Å². The summed E-state index contributed by atoms with van der Waals surface area (Å²) in [6, 6.07) is 14.5. The van der Waals surface area contributed by atoms with Crippen molar-refractivity contribution >= 4 is 22.8 Å². The predicted molar refractivity (Wildman–Crippen MR) is 84.6 cm³/mol. The highest BCUT2D eigenvalue weighted by molar-refractivity contribution is 5.77. The number of hydrogen-bond acceptors (Lipinski definition) is 4. The first-order valence-electron chi connectivity index (χ1n) is 7.26. The van der Waals surface area contributed by atoms with E-state index in [9.17, 15) is 0 Å². The molecule has 1 aromatic carbocycles. The van der Waals surface area contributed by atoms with Gasteiger partial charge in [-0.3, -0.25) is 0 Å². The summed E-state index contributed by atoms with van der Waals surface area (Å²) in [7, 11) is 0. The molecule has 106 valence electrons. The van der Waals surface area contributed by atoms with Crippen LogP contribution in [0.1, 0.15) is 6.42 Å². The lowest BCUT2D eigenvalue weighted by Crippen LogP contribution is -2.26. The molecule has 0 unspecified atom stereocenters. The fourth-order valence-corrected chi connectivity index (χ4v) is 2.84. The third kappa shape index (κ3) is 2.42. The highest BCUT2D eigenvalue weighted by Crippen LogP contribution is 2.20. The smallest absolute Gasteiger partial charge is 0.201 e. The number of pyridine rings is 1. The van der Waals surface area contributed by atoms with Crippen LogP contribution < -0.4 is 10.2 Å². The van der Waals surface area contributed by atoms with Crippen molar-refractivity contribution in [3.8, 4) is 0 Å². The molecule has 21 heavy (non-hydrogen) atoms. The van der Waals surface area contributed by atoms with Crippen LogP contribution in [0.3, 0.4) is 0 Å². The van der Waals surface area contributed by atoms with E-state index in [1.54, 1.807) is 0 Å². The molecule has 0 bridgehead atoms. The van der Waals surface area contributed by atoms with Crippen LogP contribution in [0.25, 0.3) is 11.0 Å². The lowest BCUT2D eigenvalue weighted by molar-refractivity contribution is 0.796. The van der Waals surface area contributed by atoms with Crippen molar-refractivity contribution in [3.63, 3.8) is 0 Å². The summed E-state index contributed by atoms with van der Waals surface area (Å²) in [6.07, 6.45) is 2.93. The number of aromatic nitrogens is 3. The maximum atomic E-state index is 4.57. The summed E-state index contributed by atoms with van der Waals surface area (Å²) >= 11 is 0. The second-order valence-corrected chi connectivity index (χ2v) is 5.37. The fraction of sp³-hybridized carbons (Fsp3) is 0.250. The molecule has 0 saturated carbocycles. The molecule has 0 aliphatic carbocycles. The van der Waals surface area contributed by atoms with Gasteiger partial charge in [0.05, 0.1) is 11.0 Å². The Labute approximate surface area is 123 Å². The van der Waals surface area contributed by atoms with Crippen molar-refractivity contribution in [1.82, 2.24) is 15.0 Å². The summed E-state index contributed by atoms with van der Waals surface area (Å²) < 4.78 is 0. The van der Waals surface area contributed by atoms with Gasteiger partial charge in [-0.2, -0.15) is 0 Å². The number of imidazole rings is 1. The third-order valence-electron chi connectivity index (χ3n) is 3.89. The van der Waals surface area contributed by atoms with Gasteiger partial charge in [-0.25, -0.2) is 9.97 Å². The highest BCUT2D eigenvalue weighted by atomic mass is 15.2. The zero-order valence-corrected chi connectivity index (χ0v) is 11.7. The summed E-state index contributed by atoms with van der Waals surface area (Å²) in [5.41, 5.74) is 2.07. The monoisotopic (exact) mass is 279 g/mol. The molecular formula is C16H17N5. The van der Waals surface area contributed by atoms with Gasteiger partial charge in [0.1, 0.15) is 5.82 Å². The number of para-hydroxylation sites is 2. The first-order chi connectivity index (χ1) is 10.4. The van der Waals surface area contributed by atoms with Crippen LogP contribution in [0, 0.1) is 0 Å². The molecule has 1 aliphatic heterocycles. The molecule has 4 rings (SSSR count). The SMILES string of the molecule is c1ccc(N2CC[C@H](Nc3nc4ccccc4[nH]3)C2)nc1. The first kappa shape index (κ1) is 12.2. The number of nitrogens with one attached hydrogen (secondary N) is 2. The van der Waals surface area contributed by atoms with E-state index in [4.69, 9.17) is 0 Å². The van der Waals surface area contributed by atoms with Gasteiger partial charge in [-0.1, -0.05) is 18.2 Å². The van der Waals surface area contributed by atoms with Gasteiger partial charge >= 0.3 is 0 Å². The maximum Gasteiger partial charge on any atom is 0.201 e. The largest absolute Gasteiger partial charge is 0.354 e. The third-order valence-corrected chi connectivity index (χ3v) is 3.89. The van der Waals surface area contributed by atoms with E-state index in [-0.39, 0.29) is 0 Å². The normalized spacial score (nSPS) is 18.3. The highest BCUT2D eigenvalue weighted by Gasteiger charge is 2.23. The lowest BCUT2D eigenvalue weighted by Gasteiger charge is -2.17. The number of H-pyrrole nitrogens is 1. The van der Waals surface area contributed by atoms with E-state index in [1.807, 2.05) is 42.6 Å². The van der Waals surface area contributed by atoms with Crippen molar-refractivity contribution in [2.45, 2.75) is 12.5 Å². The molecule has 0 spiro atoms. The molecule has 1 fully saturated rings. The van der Waals surface area contributed by atoms with Crippen molar-refractivity contribution in [3.05, 3.63) is 48.7 Å². The number of nitrogens with zero attached hydrogens (tertiary/aromatic N) is 3. The van der Waals surface area contributed by atoms with Gasteiger partial charge in [-0.05, 0) is 30.7 Å². The van der Waals surface area contributed by atoms with Crippen LogP contribution >= 0.6 is 0 Å². The van der Waals surface area contributed by atoms with Crippen LogP contribution in [-0.2, 0) is 0 Å². The summed E-state index contributed by atoms with van der Waals surface area (Å²) in [5, 5.41) is 3.49. The van der Waals surface area contributed by atoms with Crippen molar-refractivity contribution in [2.75, 3.05) is 23.3 Å². The number of anilines is 2. The van der Waals surface area contributed by atoms with Crippen LogP contribution in [0.4, 0.5) is 11.8 Å².